The molecule has 0 saturated heterocycles. The molecule has 1 amide bonds. The zero-order chi connectivity index (χ0) is 18.8. The number of amides is 1. The third-order valence-electron chi connectivity index (χ3n) is 3.38. The standard InChI is InChI=1S/C17H18Cl2N2O3S/c1-11(2)20-25(23,24)16-9-13(14(18)10-15(16)19)17(22)21(3)12-7-5-4-6-8-12/h4-11,20H,1-3H3. The van der Waals surface area contributed by atoms with E-state index in [0.717, 1.165) is 0 Å². The van der Waals surface area contributed by atoms with Crippen LogP contribution in [0.4, 0.5) is 5.69 Å². The lowest BCUT2D eigenvalue weighted by Gasteiger charge is -2.19. The summed E-state index contributed by atoms with van der Waals surface area (Å²) < 4.78 is 27.3. The molecule has 0 spiro atoms. The van der Waals surface area contributed by atoms with Crippen LogP contribution in [0.3, 0.4) is 0 Å². The molecule has 0 saturated carbocycles. The van der Waals surface area contributed by atoms with Crippen LogP contribution in [0, 0.1) is 0 Å². The van der Waals surface area contributed by atoms with E-state index >= 15 is 0 Å². The lowest BCUT2D eigenvalue weighted by Crippen LogP contribution is -2.31. The normalized spacial score (nSPS) is 11.6. The molecule has 0 heterocycles. The van der Waals surface area contributed by atoms with Gasteiger partial charge in [-0.3, -0.25) is 4.79 Å². The Balaban J connectivity index is 2.49. The summed E-state index contributed by atoms with van der Waals surface area (Å²) in [4.78, 5) is 14.0. The fourth-order valence-electron chi connectivity index (χ4n) is 2.22. The highest BCUT2D eigenvalue weighted by Gasteiger charge is 2.25. The molecule has 0 unspecified atom stereocenters. The Labute approximate surface area is 157 Å². The number of halogens is 2. The molecular formula is C17H18Cl2N2O3S. The van der Waals surface area contributed by atoms with Crippen molar-refractivity contribution in [3.05, 3.63) is 58.1 Å². The maximum absolute atomic E-state index is 12.8. The number of hydrogen-bond acceptors (Lipinski definition) is 3. The quantitative estimate of drug-likeness (QED) is 0.825. The predicted molar refractivity (Wildman–Crippen MR) is 101 cm³/mol. The lowest BCUT2D eigenvalue weighted by molar-refractivity contribution is 0.0993. The Hall–Kier alpha value is -1.60. The number of anilines is 1. The summed E-state index contributed by atoms with van der Waals surface area (Å²) in [5, 5.41) is 0.0401. The maximum atomic E-state index is 12.8. The number of sulfonamides is 1. The van der Waals surface area contributed by atoms with Gasteiger partial charge < -0.3 is 4.90 Å². The largest absolute Gasteiger partial charge is 0.311 e. The minimum absolute atomic E-state index is 0.0444. The van der Waals surface area contributed by atoms with Gasteiger partial charge in [0, 0.05) is 18.8 Å². The van der Waals surface area contributed by atoms with Gasteiger partial charge >= 0.3 is 0 Å². The van der Waals surface area contributed by atoms with E-state index in [-0.39, 0.29) is 26.5 Å². The van der Waals surface area contributed by atoms with Crippen LogP contribution in [-0.2, 0) is 10.0 Å². The van der Waals surface area contributed by atoms with Crippen molar-refractivity contribution in [2.45, 2.75) is 24.8 Å². The number of nitrogens with zero attached hydrogens (tertiary/aromatic N) is 1. The van der Waals surface area contributed by atoms with Crippen molar-refractivity contribution in [2.24, 2.45) is 0 Å². The molecule has 25 heavy (non-hydrogen) atoms. The fourth-order valence-corrected chi connectivity index (χ4v) is 4.33. The summed E-state index contributed by atoms with van der Waals surface area (Å²) in [5.41, 5.74) is 0.713. The van der Waals surface area contributed by atoms with Crippen LogP contribution in [0.2, 0.25) is 10.0 Å². The number of nitrogens with one attached hydrogen (secondary N) is 1. The molecule has 1 N–H and O–H groups in total. The van der Waals surface area contributed by atoms with Gasteiger partial charge in [0.15, 0.2) is 0 Å². The lowest BCUT2D eigenvalue weighted by atomic mass is 10.2. The molecule has 2 rings (SSSR count). The van der Waals surface area contributed by atoms with Gasteiger partial charge in [0.2, 0.25) is 10.0 Å². The molecule has 0 aromatic heterocycles. The van der Waals surface area contributed by atoms with E-state index in [0.29, 0.717) is 5.69 Å². The zero-order valence-electron chi connectivity index (χ0n) is 14.0. The topological polar surface area (TPSA) is 66.5 Å². The van der Waals surface area contributed by atoms with E-state index in [1.807, 2.05) is 6.07 Å². The van der Waals surface area contributed by atoms with Crippen molar-refractivity contribution in [2.75, 3.05) is 11.9 Å². The molecule has 2 aromatic rings. The van der Waals surface area contributed by atoms with Gasteiger partial charge in [-0.1, -0.05) is 41.4 Å². The van der Waals surface area contributed by atoms with Gasteiger partial charge in [-0.2, -0.15) is 0 Å². The molecule has 5 nitrogen and oxygen atoms in total. The average Bonchev–Trinajstić information content (AvgIpc) is 2.53. The molecule has 0 aliphatic carbocycles. The van der Waals surface area contributed by atoms with Gasteiger partial charge in [-0.25, -0.2) is 13.1 Å². The van der Waals surface area contributed by atoms with Crippen LogP contribution in [0.5, 0.6) is 0 Å². The van der Waals surface area contributed by atoms with Crippen LogP contribution >= 0.6 is 23.2 Å². The first-order valence-corrected chi connectivity index (χ1v) is 9.72. The van der Waals surface area contributed by atoms with E-state index in [9.17, 15) is 13.2 Å². The minimum atomic E-state index is -3.86. The third kappa shape index (κ3) is 4.52. The van der Waals surface area contributed by atoms with Crippen molar-refractivity contribution in [1.29, 1.82) is 0 Å². The molecule has 0 aliphatic rings. The summed E-state index contributed by atoms with van der Waals surface area (Å²) in [5.74, 6) is -0.436. The Bertz CT molecular complexity index is 884. The number of para-hydroxylation sites is 1. The minimum Gasteiger partial charge on any atom is -0.311 e. The van der Waals surface area contributed by atoms with Crippen molar-refractivity contribution >= 4 is 44.8 Å². The smallest absolute Gasteiger partial charge is 0.259 e. The Morgan fingerprint density at radius 1 is 1.08 bits per heavy atom. The first kappa shape index (κ1) is 19.7. The highest BCUT2D eigenvalue weighted by atomic mass is 35.5. The van der Waals surface area contributed by atoms with Gasteiger partial charge in [-0.15, -0.1) is 0 Å². The molecule has 0 radical (unpaired) electrons. The number of rotatable bonds is 5. The van der Waals surface area contributed by atoms with Crippen molar-refractivity contribution < 1.29 is 13.2 Å². The van der Waals surface area contributed by atoms with E-state index in [4.69, 9.17) is 23.2 Å². The van der Waals surface area contributed by atoms with E-state index in [1.54, 1.807) is 45.2 Å². The first-order valence-electron chi connectivity index (χ1n) is 7.48. The molecule has 2 aromatic carbocycles. The second kappa shape index (κ2) is 7.74. The van der Waals surface area contributed by atoms with E-state index in [1.165, 1.54) is 17.0 Å². The molecule has 8 heteroatoms. The Morgan fingerprint density at radius 3 is 2.24 bits per heavy atom. The molecule has 134 valence electrons. The van der Waals surface area contributed by atoms with Crippen molar-refractivity contribution in [3.63, 3.8) is 0 Å². The third-order valence-corrected chi connectivity index (χ3v) is 5.82. The van der Waals surface area contributed by atoms with Crippen LogP contribution in [0.1, 0.15) is 24.2 Å². The van der Waals surface area contributed by atoms with Crippen molar-refractivity contribution in [3.8, 4) is 0 Å². The average molecular weight is 401 g/mol. The molecular weight excluding hydrogens is 383 g/mol. The van der Waals surface area contributed by atoms with Gasteiger partial charge in [0.05, 0.1) is 15.6 Å². The van der Waals surface area contributed by atoms with E-state index < -0.39 is 15.9 Å². The Kier molecular flexibility index (Phi) is 6.11. The number of hydrogen-bond donors (Lipinski definition) is 1. The molecule has 0 atom stereocenters. The summed E-state index contributed by atoms with van der Waals surface area (Å²) >= 11 is 12.2. The predicted octanol–water partition coefficient (Wildman–Crippen LogP) is 3.96. The summed E-state index contributed by atoms with van der Waals surface area (Å²) in [7, 11) is -2.28. The SMILES string of the molecule is CC(C)NS(=O)(=O)c1cc(C(=O)N(C)c2ccccc2)c(Cl)cc1Cl. The van der Waals surface area contributed by atoms with Crippen LogP contribution in [0.25, 0.3) is 0 Å². The first-order chi connectivity index (χ1) is 11.6. The monoisotopic (exact) mass is 400 g/mol. The van der Waals surface area contributed by atoms with Crippen LogP contribution in [-0.4, -0.2) is 27.4 Å². The second-order valence-electron chi connectivity index (χ2n) is 5.74. The number of carbonyl (C=O) groups excluding carboxylic acids is 1. The zero-order valence-corrected chi connectivity index (χ0v) is 16.3. The van der Waals surface area contributed by atoms with Crippen LogP contribution in [0.15, 0.2) is 47.4 Å². The highest BCUT2D eigenvalue weighted by molar-refractivity contribution is 7.89. The second-order valence-corrected chi connectivity index (χ2v) is 8.23. The van der Waals surface area contributed by atoms with E-state index in [2.05, 4.69) is 4.72 Å². The van der Waals surface area contributed by atoms with Crippen molar-refractivity contribution in [1.82, 2.24) is 4.72 Å². The number of carbonyl (C=O) groups is 1. The van der Waals surface area contributed by atoms with Crippen LogP contribution < -0.4 is 9.62 Å². The molecule has 0 fully saturated rings. The highest BCUT2D eigenvalue weighted by Crippen LogP contribution is 2.30. The number of benzene rings is 2. The summed E-state index contributed by atoms with van der Waals surface area (Å²) in [6.45, 7) is 3.38. The fraction of sp³-hybridized carbons (Fsp3) is 0.235. The molecule has 0 bridgehead atoms. The summed E-state index contributed by atoms with van der Waals surface area (Å²) in [6, 6.07) is 11.1. The van der Waals surface area contributed by atoms with Gasteiger partial charge in [0.1, 0.15) is 4.90 Å². The van der Waals surface area contributed by atoms with Gasteiger partial charge in [-0.05, 0) is 38.1 Å². The summed E-state index contributed by atoms with van der Waals surface area (Å²) in [6.07, 6.45) is 0. The maximum Gasteiger partial charge on any atom is 0.259 e. The molecule has 0 aliphatic heterocycles. The van der Waals surface area contributed by atoms with Gasteiger partial charge in [0.25, 0.3) is 5.91 Å². The Morgan fingerprint density at radius 2 is 1.68 bits per heavy atom.